The normalized spacial score (nSPS) is 15.2. The average Bonchev–Trinajstić information content (AvgIpc) is 3.16. The zero-order valence-corrected chi connectivity index (χ0v) is 15.1. The van der Waals surface area contributed by atoms with E-state index in [0.717, 1.165) is 12.8 Å². The van der Waals surface area contributed by atoms with Gasteiger partial charge in [0.15, 0.2) is 0 Å². The Morgan fingerprint density at radius 3 is 2.64 bits per heavy atom. The van der Waals surface area contributed by atoms with Crippen LogP contribution >= 0.6 is 11.6 Å². The first kappa shape index (κ1) is 17.8. The molecule has 0 aliphatic carbocycles. The third-order valence-corrected chi connectivity index (χ3v) is 6.27. The SMILES string of the molecule is O=C(NCc1ccccn1)c1cc(S(=O)(=O)N2CCCC2)ccc1Cl. The topological polar surface area (TPSA) is 79.4 Å². The lowest BCUT2D eigenvalue weighted by Crippen LogP contribution is -2.28. The van der Waals surface area contributed by atoms with Gasteiger partial charge < -0.3 is 5.32 Å². The van der Waals surface area contributed by atoms with Crippen molar-refractivity contribution in [1.82, 2.24) is 14.6 Å². The van der Waals surface area contributed by atoms with E-state index >= 15 is 0 Å². The minimum Gasteiger partial charge on any atom is -0.346 e. The number of rotatable bonds is 5. The van der Waals surface area contributed by atoms with Crippen LogP contribution in [0.2, 0.25) is 5.02 Å². The van der Waals surface area contributed by atoms with E-state index in [-0.39, 0.29) is 22.0 Å². The van der Waals surface area contributed by atoms with Crippen LogP contribution in [0.1, 0.15) is 28.9 Å². The second kappa shape index (κ2) is 7.51. The van der Waals surface area contributed by atoms with E-state index in [0.29, 0.717) is 18.8 Å². The van der Waals surface area contributed by atoms with Gasteiger partial charge in [0.1, 0.15) is 0 Å². The average molecular weight is 380 g/mol. The molecule has 0 spiro atoms. The zero-order valence-electron chi connectivity index (χ0n) is 13.5. The van der Waals surface area contributed by atoms with Gasteiger partial charge in [-0.1, -0.05) is 17.7 Å². The van der Waals surface area contributed by atoms with Crippen LogP contribution in [0.15, 0.2) is 47.5 Å². The van der Waals surface area contributed by atoms with Gasteiger partial charge in [0.25, 0.3) is 5.91 Å². The molecule has 1 aliphatic rings. The Hall–Kier alpha value is -1.96. The summed E-state index contributed by atoms with van der Waals surface area (Å²) in [6.45, 7) is 1.25. The lowest BCUT2D eigenvalue weighted by molar-refractivity contribution is 0.0950. The van der Waals surface area contributed by atoms with Crippen LogP contribution in [-0.2, 0) is 16.6 Å². The van der Waals surface area contributed by atoms with Crippen LogP contribution in [0.4, 0.5) is 0 Å². The van der Waals surface area contributed by atoms with Gasteiger partial charge >= 0.3 is 0 Å². The molecule has 132 valence electrons. The molecule has 1 saturated heterocycles. The zero-order chi connectivity index (χ0) is 17.9. The van der Waals surface area contributed by atoms with Crippen LogP contribution in [0, 0.1) is 0 Å². The summed E-state index contributed by atoms with van der Waals surface area (Å²) in [6.07, 6.45) is 3.34. The monoisotopic (exact) mass is 379 g/mol. The van der Waals surface area contributed by atoms with Crippen LogP contribution < -0.4 is 5.32 Å². The highest BCUT2D eigenvalue weighted by Crippen LogP contribution is 2.25. The van der Waals surface area contributed by atoms with Crippen molar-refractivity contribution in [3.05, 3.63) is 58.9 Å². The highest BCUT2D eigenvalue weighted by atomic mass is 35.5. The molecule has 25 heavy (non-hydrogen) atoms. The van der Waals surface area contributed by atoms with Gasteiger partial charge in [-0.3, -0.25) is 9.78 Å². The summed E-state index contributed by atoms with van der Waals surface area (Å²) in [5, 5.41) is 2.92. The van der Waals surface area contributed by atoms with Crippen molar-refractivity contribution in [2.75, 3.05) is 13.1 Å². The van der Waals surface area contributed by atoms with E-state index in [2.05, 4.69) is 10.3 Å². The molecule has 6 nitrogen and oxygen atoms in total. The maximum absolute atomic E-state index is 12.6. The predicted molar refractivity (Wildman–Crippen MR) is 94.9 cm³/mol. The number of pyridine rings is 1. The Morgan fingerprint density at radius 1 is 1.20 bits per heavy atom. The van der Waals surface area contributed by atoms with E-state index in [9.17, 15) is 13.2 Å². The Balaban J connectivity index is 1.80. The minimum atomic E-state index is -3.60. The molecular formula is C17H18ClN3O3S. The van der Waals surface area contributed by atoms with Crippen molar-refractivity contribution in [2.24, 2.45) is 0 Å². The lowest BCUT2D eigenvalue weighted by Gasteiger charge is -2.16. The molecule has 0 unspecified atom stereocenters. The van der Waals surface area contributed by atoms with E-state index < -0.39 is 15.9 Å². The quantitative estimate of drug-likeness (QED) is 0.865. The number of hydrogen-bond donors (Lipinski definition) is 1. The van der Waals surface area contributed by atoms with Crippen molar-refractivity contribution in [3.63, 3.8) is 0 Å². The molecule has 0 radical (unpaired) electrons. The minimum absolute atomic E-state index is 0.0850. The summed E-state index contributed by atoms with van der Waals surface area (Å²) in [4.78, 5) is 16.6. The molecule has 1 N–H and O–H groups in total. The van der Waals surface area contributed by atoms with Gasteiger partial charge in [-0.25, -0.2) is 8.42 Å². The van der Waals surface area contributed by atoms with Crippen molar-refractivity contribution in [3.8, 4) is 0 Å². The third kappa shape index (κ3) is 4.00. The first-order valence-corrected chi connectivity index (χ1v) is 9.78. The smallest absolute Gasteiger partial charge is 0.253 e. The number of hydrogen-bond acceptors (Lipinski definition) is 4. The molecule has 2 aromatic rings. The van der Waals surface area contributed by atoms with E-state index in [1.54, 1.807) is 18.3 Å². The maximum atomic E-state index is 12.6. The van der Waals surface area contributed by atoms with Crippen molar-refractivity contribution in [2.45, 2.75) is 24.3 Å². The predicted octanol–water partition coefficient (Wildman–Crippen LogP) is 2.45. The summed E-state index contributed by atoms with van der Waals surface area (Å²) >= 11 is 6.10. The van der Waals surface area contributed by atoms with E-state index in [4.69, 9.17) is 11.6 Å². The van der Waals surface area contributed by atoms with Crippen LogP contribution in [0.25, 0.3) is 0 Å². The Morgan fingerprint density at radius 2 is 1.96 bits per heavy atom. The van der Waals surface area contributed by atoms with Crippen LogP contribution in [0.3, 0.4) is 0 Å². The molecule has 1 fully saturated rings. The Bertz CT molecular complexity index is 866. The number of nitrogens with one attached hydrogen (secondary N) is 1. The molecule has 1 amide bonds. The van der Waals surface area contributed by atoms with Crippen LogP contribution in [0.5, 0.6) is 0 Å². The maximum Gasteiger partial charge on any atom is 0.253 e. The van der Waals surface area contributed by atoms with Crippen molar-refractivity contribution >= 4 is 27.5 Å². The van der Waals surface area contributed by atoms with Gasteiger partial charge in [-0.2, -0.15) is 4.31 Å². The summed E-state index contributed by atoms with van der Waals surface area (Å²) < 4.78 is 26.7. The first-order chi connectivity index (χ1) is 12.0. The van der Waals surface area contributed by atoms with Gasteiger partial charge in [0.05, 0.1) is 27.7 Å². The molecule has 1 aromatic carbocycles. The molecule has 3 rings (SSSR count). The molecule has 0 saturated carbocycles. The van der Waals surface area contributed by atoms with Gasteiger partial charge in [0.2, 0.25) is 10.0 Å². The van der Waals surface area contributed by atoms with Gasteiger partial charge in [-0.05, 0) is 43.2 Å². The molecule has 0 atom stereocenters. The molecule has 1 aromatic heterocycles. The molecular weight excluding hydrogens is 362 g/mol. The van der Waals surface area contributed by atoms with Crippen LogP contribution in [-0.4, -0.2) is 36.7 Å². The summed E-state index contributed by atoms with van der Waals surface area (Å²) in [5.74, 6) is -0.436. The molecule has 0 bridgehead atoms. The second-order valence-corrected chi connectivity index (χ2v) is 8.10. The standard InChI is InChI=1S/C17H18ClN3O3S/c18-16-7-6-14(25(23,24)21-9-3-4-10-21)11-15(16)17(22)20-12-13-5-1-2-8-19-13/h1-2,5-8,11H,3-4,9-10,12H2,(H,20,22). The molecule has 8 heteroatoms. The number of halogens is 1. The highest BCUT2D eigenvalue weighted by molar-refractivity contribution is 7.89. The number of amides is 1. The lowest BCUT2D eigenvalue weighted by atomic mass is 10.2. The Labute approximate surface area is 151 Å². The fourth-order valence-electron chi connectivity index (χ4n) is 2.69. The number of sulfonamides is 1. The highest BCUT2D eigenvalue weighted by Gasteiger charge is 2.28. The molecule has 2 heterocycles. The summed E-state index contributed by atoms with van der Waals surface area (Å²) in [7, 11) is -3.60. The van der Waals surface area contributed by atoms with E-state index in [1.165, 1.54) is 22.5 Å². The second-order valence-electron chi connectivity index (χ2n) is 5.76. The fraction of sp³-hybridized carbons (Fsp3) is 0.294. The van der Waals surface area contributed by atoms with Gasteiger partial charge in [-0.15, -0.1) is 0 Å². The van der Waals surface area contributed by atoms with Gasteiger partial charge in [0, 0.05) is 19.3 Å². The third-order valence-electron chi connectivity index (χ3n) is 4.04. The van der Waals surface area contributed by atoms with E-state index in [1.807, 2.05) is 6.07 Å². The first-order valence-electron chi connectivity index (χ1n) is 7.96. The molecule has 1 aliphatic heterocycles. The Kier molecular flexibility index (Phi) is 5.36. The van der Waals surface area contributed by atoms with Crippen molar-refractivity contribution < 1.29 is 13.2 Å². The number of carbonyl (C=O) groups excluding carboxylic acids is 1. The summed E-state index contributed by atoms with van der Waals surface area (Å²) in [6, 6.07) is 9.62. The fourth-order valence-corrected chi connectivity index (χ4v) is 4.43. The van der Waals surface area contributed by atoms with Crippen molar-refractivity contribution in [1.29, 1.82) is 0 Å². The number of nitrogens with zero attached hydrogens (tertiary/aromatic N) is 2. The largest absolute Gasteiger partial charge is 0.346 e. The number of aromatic nitrogens is 1. The number of benzene rings is 1. The summed E-state index contributed by atoms with van der Waals surface area (Å²) in [5.41, 5.74) is 0.839. The number of carbonyl (C=O) groups is 1.